The Kier molecular flexibility index (Phi) is 4.22. The number of hydrogen-bond donors (Lipinski definition) is 1. The summed E-state index contributed by atoms with van der Waals surface area (Å²) in [6.45, 7) is 1.57. The summed E-state index contributed by atoms with van der Waals surface area (Å²) in [5.41, 5.74) is 0.535. The summed E-state index contributed by atoms with van der Waals surface area (Å²) in [5, 5.41) is 3.20. The molecule has 3 rings (SSSR count). The number of benzene rings is 1. The minimum absolute atomic E-state index is 0.252. The van der Waals surface area contributed by atoms with Crippen molar-refractivity contribution < 1.29 is 14.4 Å². The molecule has 2 aliphatic rings. The molecule has 3 atom stereocenters. The zero-order chi connectivity index (χ0) is 16.6. The monoisotopic (exact) mass is 332 g/mol. The van der Waals surface area contributed by atoms with E-state index < -0.39 is 11.9 Å². The molecular weight excluding hydrogens is 316 g/mol. The number of allylic oxidation sites excluding steroid dienone is 2. The van der Waals surface area contributed by atoms with E-state index in [1.807, 2.05) is 12.2 Å². The summed E-state index contributed by atoms with van der Waals surface area (Å²) in [6.07, 6.45) is 4.97. The highest BCUT2D eigenvalue weighted by Crippen LogP contribution is 2.36. The fourth-order valence-electron chi connectivity index (χ4n) is 3.14. The smallest absolute Gasteiger partial charge is 0.247 e. The number of halogens is 1. The summed E-state index contributed by atoms with van der Waals surface area (Å²) in [4.78, 5) is 38.5. The van der Waals surface area contributed by atoms with E-state index in [9.17, 15) is 14.4 Å². The third-order valence-electron chi connectivity index (χ3n) is 4.40. The standard InChI is InChI=1S/C17H17ClN2O3/c1-10(15(21)19-12-6-4-5-11(18)9-12)20-16(22)13-7-2-3-8-14(13)17(20)23/h2-6,9-10,13-14H,7-8H2,1H3,(H,19,21)/t10-,13+,14+/m1/s1. The van der Waals surface area contributed by atoms with Crippen LogP contribution in [0.25, 0.3) is 0 Å². The third-order valence-corrected chi connectivity index (χ3v) is 4.64. The molecule has 1 aromatic rings. The lowest BCUT2D eigenvalue weighted by atomic mass is 9.85. The molecule has 1 fully saturated rings. The SMILES string of the molecule is C[C@H](C(=O)Nc1cccc(Cl)c1)N1C(=O)[C@H]2CC=CC[C@@H]2C1=O. The van der Waals surface area contributed by atoms with Crippen molar-refractivity contribution in [1.29, 1.82) is 0 Å². The maximum Gasteiger partial charge on any atom is 0.247 e. The Labute approximate surface area is 139 Å². The van der Waals surface area contributed by atoms with Crippen LogP contribution >= 0.6 is 11.6 Å². The van der Waals surface area contributed by atoms with Gasteiger partial charge in [0, 0.05) is 10.7 Å². The Balaban J connectivity index is 1.75. The third kappa shape index (κ3) is 2.88. The van der Waals surface area contributed by atoms with E-state index in [4.69, 9.17) is 11.6 Å². The molecule has 0 saturated carbocycles. The number of hydrogen-bond acceptors (Lipinski definition) is 3. The van der Waals surface area contributed by atoms with Gasteiger partial charge in [0.25, 0.3) is 0 Å². The average Bonchev–Trinajstić information content (AvgIpc) is 2.79. The highest BCUT2D eigenvalue weighted by Gasteiger charge is 2.50. The molecule has 1 heterocycles. The van der Waals surface area contributed by atoms with Crippen molar-refractivity contribution in [1.82, 2.24) is 4.90 Å². The quantitative estimate of drug-likeness (QED) is 0.683. The van der Waals surface area contributed by atoms with E-state index in [0.717, 1.165) is 4.90 Å². The predicted molar refractivity (Wildman–Crippen MR) is 86.8 cm³/mol. The number of nitrogens with zero attached hydrogens (tertiary/aromatic N) is 1. The molecule has 0 bridgehead atoms. The maximum absolute atomic E-state index is 12.5. The molecule has 0 radical (unpaired) electrons. The van der Waals surface area contributed by atoms with E-state index >= 15 is 0 Å². The van der Waals surface area contributed by atoms with Crippen molar-refractivity contribution in [2.45, 2.75) is 25.8 Å². The molecule has 1 aliphatic heterocycles. The Morgan fingerprint density at radius 3 is 2.39 bits per heavy atom. The molecule has 0 unspecified atom stereocenters. The van der Waals surface area contributed by atoms with Gasteiger partial charge in [-0.15, -0.1) is 0 Å². The van der Waals surface area contributed by atoms with E-state index in [1.54, 1.807) is 31.2 Å². The molecule has 6 heteroatoms. The fraction of sp³-hybridized carbons (Fsp3) is 0.353. The van der Waals surface area contributed by atoms with Gasteiger partial charge in [-0.2, -0.15) is 0 Å². The highest BCUT2D eigenvalue weighted by molar-refractivity contribution is 6.30. The van der Waals surface area contributed by atoms with E-state index in [0.29, 0.717) is 23.6 Å². The normalized spacial score (nSPS) is 24.5. The van der Waals surface area contributed by atoms with Crippen LogP contribution in [0.4, 0.5) is 5.69 Å². The first-order valence-electron chi connectivity index (χ1n) is 7.57. The number of carbonyl (C=O) groups excluding carboxylic acids is 3. The molecule has 3 amide bonds. The van der Waals surface area contributed by atoms with Gasteiger partial charge in [-0.1, -0.05) is 29.8 Å². The van der Waals surface area contributed by atoms with Gasteiger partial charge in [0.2, 0.25) is 17.7 Å². The van der Waals surface area contributed by atoms with Crippen LogP contribution in [0.15, 0.2) is 36.4 Å². The number of rotatable bonds is 3. The van der Waals surface area contributed by atoms with E-state index in [1.165, 1.54) is 0 Å². The van der Waals surface area contributed by atoms with Crippen LogP contribution in [0.2, 0.25) is 5.02 Å². The Hall–Kier alpha value is -2.14. The Morgan fingerprint density at radius 1 is 1.22 bits per heavy atom. The van der Waals surface area contributed by atoms with Crippen LogP contribution in [-0.4, -0.2) is 28.7 Å². The zero-order valence-electron chi connectivity index (χ0n) is 12.7. The summed E-state index contributed by atoms with van der Waals surface area (Å²) >= 11 is 5.89. The molecule has 5 nitrogen and oxygen atoms in total. The van der Waals surface area contributed by atoms with Gasteiger partial charge in [0.1, 0.15) is 6.04 Å². The van der Waals surface area contributed by atoms with Crippen LogP contribution in [0.1, 0.15) is 19.8 Å². The van der Waals surface area contributed by atoms with Crippen LogP contribution in [-0.2, 0) is 14.4 Å². The van der Waals surface area contributed by atoms with E-state index in [2.05, 4.69) is 5.32 Å². The average molecular weight is 333 g/mol. The maximum atomic E-state index is 12.5. The van der Waals surface area contributed by atoms with Gasteiger partial charge >= 0.3 is 0 Å². The van der Waals surface area contributed by atoms with Crippen molar-refractivity contribution in [3.63, 3.8) is 0 Å². The van der Waals surface area contributed by atoms with Gasteiger partial charge in [-0.25, -0.2) is 0 Å². The molecule has 0 aromatic heterocycles. The Morgan fingerprint density at radius 2 is 1.83 bits per heavy atom. The first kappa shape index (κ1) is 15.7. The lowest BCUT2D eigenvalue weighted by molar-refractivity contribution is -0.146. The van der Waals surface area contributed by atoms with Gasteiger partial charge in [-0.05, 0) is 38.0 Å². The summed E-state index contributed by atoms with van der Waals surface area (Å²) < 4.78 is 0. The molecule has 0 spiro atoms. The van der Waals surface area contributed by atoms with E-state index in [-0.39, 0.29) is 23.7 Å². The Bertz CT molecular complexity index is 675. The molecular formula is C17H17ClN2O3. The first-order valence-corrected chi connectivity index (χ1v) is 7.95. The van der Waals surface area contributed by atoms with Crippen molar-refractivity contribution in [2.75, 3.05) is 5.32 Å². The number of fused-ring (bicyclic) bond motifs is 1. The second-order valence-corrected chi connectivity index (χ2v) is 6.31. The van der Waals surface area contributed by atoms with Gasteiger partial charge < -0.3 is 5.32 Å². The minimum Gasteiger partial charge on any atom is -0.324 e. The van der Waals surface area contributed by atoms with Gasteiger partial charge in [-0.3, -0.25) is 19.3 Å². The zero-order valence-corrected chi connectivity index (χ0v) is 13.4. The van der Waals surface area contributed by atoms with Gasteiger partial charge in [0.05, 0.1) is 11.8 Å². The van der Waals surface area contributed by atoms with Crippen molar-refractivity contribution in [3.8, 4) is 0 Å². The molecule has 23 heavy (non-hydrogen) atoms. The lowest BCUT2D eigenvalue weighted by Gasteiger charge is -2.22. The fourth-order valence-corrected chi connectivity index (χ4v) is 3.33. The number of likely N-dealkylation sites (tertiary alicyclic amines) is 1. The first-order chi connectivity index (χ1) is 11.0. The number of carbonyl (C=O) groups is 3. The number of anilines is 1. The van der Waals surface area contributed by atoms with Crippen LogP contribution in [0.5, 0.6) is 0 Å². The lowest BCUT2D eigenvalue weighted by Crippen LogP contribution is -2.46. The van der Waals surface area contributed by atoms with Crippen LogP contribution in [0.3, 0.4) is 0 Å². The predicted octanol–water partition coefficient (Wildman–Crippen LogP) is 2.62. The minimum atomic E-state index is -0.848. The number of amides is 3. The van der Waals surface area contributed by atoms with Crippen molar-refractivity contribution in [2.24, 2.45) is 11.8 Å². The van der Waals surface area contributed by atoms with Gasteiger partial charge in [0.15, 0.2) is 0 Å². The second-order valence-electron chi connectivity index (χ2n) is 5.88. The number of imide groups is 1. The van der Waals surface area contributed by atoms with Crippen molar-refractivity contribution in [3.05, 3.63) is 41.4 Å². The van der Waals surface area contributed by atoms with Crippen LogP contribution in [0, 0.1) is 11.8 Å². The topological polar surface area (TPSA) is 66.5 Å². The van der Waals surface area contributed by atoms with Crippen LogP contribution < -0.4 is 5.32 Å². The molecule has 1 saturated heterocycles. The molecule has 1 aromatic carbocycles. The summed E-state index contributed by atoms with van der Waals surface area (Å²) in [7, 11) is 0. The van der Waals surface area contributed by atoms with Crippen molar-refractivity contribution >= 4 is 35.0 Å². The largest absolute Gasteiger partial charge is 0.324 e. The number of nitrogens with one attached hydrogen (secondary N) is 1. The molecule has 120 valence electrons. The highest BCUT2D eigenvalue weighted by atomic mass is 35.5. The molecule has 1 aliphatic carbocycles. The summed E-state index contributed by atoms with van der Waals surface area (Å²) in [5.74, 6) is -1.56. The summed E-state index contributed by atoms with van der Waals surface area (Å²) in [6, 6.07) is 5.89. The second kappa shape index (κ2) is 6.16. The molecule has 1 N–H and O–H groups in total.